The minimum Gasteiger partial charge on any atom is -0.383 e. The predicted molar refractivity (Wildman–Crippen MR) is 124 cm³/mol. The number of amides is 1. The summed E-state index contributed by atoms with van der Waals surface area (Å²) in [7, 11) is 0. The standard InChI is InChI=1S/C23H18N6OS/c24-21-19(23(30)25-14-16-9-6-12-31-16)20-22(28-18-11-5-4-10-17(18)27-20)29(21)26-13-15-7-2-1-3-8-15/h1-13H,14,24H2,(H,25,30)/b26-13+. The number of carbonyl (C=O) groups excluding carboxylic acids is 1. The highest BCUT2D eigenvalue weighted by atomic mass is 32.1. The molecule has 0 saturated heterocycles. The first-order chi connectivity index (χ1) is 15.2. The highest BCUT2D eigenvalue weighted by Gasteiger charge is 2.24. The van der Waals surface area contributed by atoms with Crippen LogP contribution in [0.3, 0.4) is 0 Å². The van der Waals surface area contributed by atoms with Crippen molar-refractivity contribution in [1.29, 1.82) is 0 Å². The number of nitrogens with zero attached hydrogens (tertiary/aromatic N) is 4. The van der Waals surface area contributed by atoms with Gasteiger partial charge in [0, 0.05) is 4.88 Å². The van der Waals surface area contributed by atoms with Crippen LogP contribution in [-0.2, 0) is 6.54 Å². The van der Waals surface area contributed by atoms with E-state index < -0.39 is 0 Å². The Hall–Kier alpha value is -4.04. The molecule has 3 heterocycles. The molecule has 31 heavy (non-hydrogen) atoms. The highest BCUT2D eigenvalue weighted by molar-refractivity contribution is 7.09. The summed E-state index contributed by atoms with van der Waals surface area (Å²) in [5, 5.41) is 9.41. The fourth-order valence-corrected chi connectivity index (χ4v) is 3.97. The van der Waals surface area contributed by atoms with Crippen molar-refractivity contribution >= 4 is 51.5 Å². The molecule has 3 aromatic heterocycles. The molecule has 0 atom stereocenters. The largest absolute Gasteiger partial charge is 0.383 e. The molecule has 2 aromatic carbocycles. The van der Waals surface area contributed by atoms with Crippen LogP contribution >= 0.6 is 11.3 Å². The van der Waals surface area contributed by atoms with E-state index in [0.29, 0.717) is 28.7 Å². The molecule has 0 unspecified atom stereocenters. The first-order valence-electron chi connectivity index (χ1n) is 9.67. The van der Waals surface area contributed by atoms with Gasteiger partial charge in [-0.05, 0) is 29.1 Å². The molecule has 0 radical (unpaired) electrons. The predicted octanol–water partition coefficient (Wildman–Crippen LogP) is 4.04. The molecule has 0 saturated carbocycles. The quantitative estimate of drug-likeness (QED) is 0.414. The van der Waals surface area contributed by atoms with E-state index in [4.69, 9.17) is 10.7 Å². The van der Waals surface area contributed by atoms with E-state index in [2.05, 4.69) is 15.4 Å². The normalized spacial score (nSPS) is 11.5. The Bertz CT molecular complexity index is 1410. The van der Waals surface area contributed by atoms with Crippen LogP contribution in [0.25, 0.3) is 22.2 Å². The van der Waals surface area contributed by atoms with Crippen molar-refractivity contribution in [3.8, 4) is 0 Å². The summed E-state index contributed by atoms with van der Waals surface area (Å²) in [6.07, 6.45) is 1.68. The summed E-state index contributed by atoms with van der Waals surface area (Å²) in [6, 6.07) is 21.1. The van der Waals surface area contributed by atoms with Crippen molar-refractivity contribution in [2.24, 2.45) is 5.10 Å². The summed E-state index contributed by atoms with van der Waals surface area (Å²) in [5.41, 5.74) is 9.83. The Morgan fingerprint density at radius 2 is 1.77 bits per heavy atom. The SMILES string of the molecule is Nc1c(C(=O)NCc2cccs2)c2nc3ccccc3nc2n1/N=C/c1ccccc1. The van der Waals surface area contributed by atoms with Crippen molar-refractivity contribution in [1.82, 2.24) is 20.0 Å². The summed E-state index contributed by atoms with van der Waals surface area (Å²) >= 11 is 1.58. The number of fused-ring (bicyclic) bond motifs is 2. The third-order valence-corrected chi connectivity index (χ3v) is 5.70. The van der Waals surface area contributed by atoms with Gasteiger partial charge in [-0.2, -0.15) is 9.78 Å². The van der Waals surface area contributed by atoms with Crippen LogP contribution < -0.4 is 11.1 Å². The van der Waals surface area contributed by atoms with Crippen molar-refractivity contribution in [2.45, 2.75) is 6.54 Å². The molecule has 0 spiro atoms. The Morgan fingerprint density at radius 3 is 2.52 bits per heavy atom. The van der Waals surface area contributed by atoms with E-state index in [1.54, 1.807) is 17.6 Å². The smallest absolute Gasteiger partial charge is 0.257 e. The maximum Gasteiger partial charge on any atom is 0.257 e. The number of aromatic nitrogens is 3. The van der Waals surface area contributed by atoms with E-state index in [1.165, 1.54) is 4.68 Å². The first kappa shape index (κ1) is 19.0. The van der Waals surface area contributed by atoms with Gasteiger partial charge >= 0.3 is 0 Å². The molecule has 3 N–H and O–H groups in total. The second kappa shape index (κ2) is 8.00. The monoisotopic (exact) mass is 426 g/mol. The van der Waals surface area contributed by atoms with Gasteiger partial charge in [0.05, 0.1) is 23.8 Å². The number of nitrogen functional groups attached to an aromatic ring is 1. The molecule has 152 valence electrons. The summed E-state index contributed by atoms with van der Waals surface area (Å²) in [5.74, 6) is -0.115. The zero-order valence-electron chi connectivity index (χ0n) is 16.4. The number of para-hydroxylation sites is 2. The topological polar surface area (TPSA) is 98.2 Å². The van der Waals surface area contributed by atoms with E-state index in [-0.39, 0.29) is 17.3 Å². The summed E-state index contributed by atoms with van der Waals surface area (Å²) in [4.78, 5) is 23.5. The van der Waals surface area contributed by atoms with Gasteiger partial charge in [-0.15, -0.1) is 11.3 Å². The summed E-state index contributed by atoms with van der Waals surface area (Å²) in [6.45, 7) is 0.414. The van der Waals surface area contributed by atoms with Crippen LogP contribution in [-0.4, -0.2) is 26.8 Å². The minimum absolute atomic E-state index is 0.196. The van der Waals surface area contributed by atoms with Gasteiger partial charge in [0.15, 0.2) is 5.65 Å². The molecular formula is C23H18N6OS. The third kappa shape index (κ3) is 3.64. The van der Waals surface area contributed by atoms with Gasteiger partial charge in [0.25, 0.3) is 5.91 Å². The van der Waals surface area contributed by atoms with Gasteiger partial charge in [-0.3, -0.25) is 4.79 Å². The van der Waals surface area contributed by atoms with Crippen molar-refractivity contribution in [3.63, 3.8) is 0 Å². The Kier molecular flexibility index (Phi) is 4.89. The van der Waals surface area contributed by atoms with E-state index in [1.807, 2.05) is 72.1 Å². The van der Waals surface area contributed by atoms with Gasteiger partial charge in [-0.25, -0.2) is 9.97 Å². The molecule has 0 bridgehead atoms. The second-order valence-corrected chi connectivity index (χ2v) is 7.91. The van der Waals surface area contributed by atoms with Gasteiger partial charge in [0.2, 0.25) is 0 Å². The Balaban J connectivity index is 1.63. The molecule has 5 rings (SSSR count). The van der Waals surface area contributed by atoms with Crippen LogP contribution in [0, 0.1) is 0 Å². The Morgan fingerprint density at radius 1 is 1.03 bits per heavy atom. The maximum atomic E-state index is 13.1. The molecule has 0 fully saturated rings. The van der Waals surface area contributed by atoms with Gasteiger partial charge < -0.3 is 11.1 Å². The lowest BCUT2D eigenvalue weighted by Gasteiger charge is -2.04. The van der Waals surface area contributed by atoms with Crippen LogP contribution in [0.1, 0.15) is 20.8 Å². The summed E-state index contributed by atoms with van der Waals surface area (Å²) < 4.78 is 1.47. The molecule has 0 aliphatic rings. The molecular weight excluding hydrogens is 408 g/mol. The lowest BCUT2D eigenvalue weighted by molar-refractivity contribution is 0.0953. The lowest BCUT2D eigenvalue weighted by atomic mass is 10.2. The average molecular weight is 427 g/mol. The number of nitrogens with one attached hydrogen (secondary N) is 1. The minimum atomic E-state index is -0.311. The van der Waals surface area contributed by atoms with Crippen molar-refractivity contribution in [2.75, 3.05) is 5.73 Å². The van der Waals surface area contributed by atoms with E-state index >= 15 is 0 Å². The fraction of sp³-hybridized carbons (Fsp3) is 0.0435. The number of benzene rings is 2. The van der Waals surface area contributed by atoms with E-state index in [0.717, 1.165) is 10.4 Å². The number of nitrogens with two attached hydrogens (primary N) is 1. The lowest BCUT2D eigenvalue weighted by Crippen LogP contribution is -2.23. The number of hydrogen-bond donors (Lipinski definition) is 2. The van der Waals surface area contributed by atoms with E-state index in [9.17, 15) is 4.79 Å². The third-order valence-electron chi connectivity index (χ3n) is 4.83. The number of thiophene rings is 1. The van der Waals surface area contributed by atoms with Crippen LogP contribution in [0.4, 0.5) is 5.82 Å². The number of hydrogen-bond acceptors (Lipinski definition) is 6. The molecule has 0 aliphatic heterocycles. The first-order valence-corrected chi connectivity index (χ1v) is 10.6. The van der Waals surface area contributed by atoms with Crippen LogP contribution in [0.2, 0.25) is 0 Å². The fourth-order valence-electron chi connectivity index (χ4n) is 3.32. The molecule has 0 aliphatic carbocycles. The molecule has 5 aromatic rings. The number of carbonyl (C=O) groups is 1. The zero-order valence-corrected chi connectivity index (χ0v) is 17.2. The highest BCUT2D eigenvalue weighted by Crippen LogP contribution is 2.28. The van der Waals surface area contributed by atoms with Gasteiger partial charge in [-0.1, -0.05) is 48.5 Å². The van der Waals surface area contributed by atoms with Gasteiger partial charge in [0.1, 0.15) is 16.9 Å². The molecule has 1 amide bonds. The Labute approximate surface area is 181 Å². The van der Waals surface area contributed by atoms with Crippen LogP contribution in [0.15, 0.2) is 77.2 Å². The van der Waals surface area contributed by atoms with Crippen LogP contribution in [0.5, 0.6) is 0 Å². The number of anilines is 1. The molecule has 7 nitrogen and oxygen atoms in total. The van der Waals surface area contributed by atoms with Crippen molar-refractivity contribution < 1.29 is 4.79 Å². The number of rotatable bonds is 5. The molecule has 8 heteroatoms. The zero-order chi connectivity index (χ0) is 21.2. The van der Waals surface area contributed by atoms with Crippen molar-refractivity contribution in [3.05, 3.63) is 88.1 Å². The second-order valence-electron chi connectivity index (χ2n) is 6.87. The maximum absolute atomic E-state index is 13.1. The average Bonchev–Trinajstić information content (AvgIpc) is 3.41.